The van der Waals surface area contributed by atoms with Crippen molar-refractivity contribution in [2.45, 2.75) is 10.9 Å². The Kier molecular flexibility index (Phi) is 3.20. The molecule has 1 aromatic carbocycles. The molecule has 0 radical (unpaired) electrons. The largest absolute Gasteiger partial charge is 0.368 e. The molecule has 19 heavy (non-hydrogen) atoms. The van der Waals surface area contributed by atoms with Crippen LogP contribution in [0.1, 0.15) is 5.56 Å². The van der Waals surface area contributed by atoms with Gasteiger partial charge in [0.2, 0.25) is 11.1 Å². The molecule has 0 amide bonds. The van der Waals surface area contributed by atoms with Gasteiger partial charge in [-0.25, -0.2) is 9.78 Å². The van der Waals surface area contributed by atoms with Gasteiger partial charge in [0.05, 0.1) is 5.69 Å². The summed E-state index contributed by atoms with van der Waals surface area (Å²) in [5, 5.41) is 11.4. The first-order valence-electron chi connectivity index (χ1n) is 5.71. The Morgan fingerprint density at radius 3 is 2.74 bits per heavy atom. The van der Waals surface area contributed by atoms with Gasteiger partial charge in [0.1, 0.15) is 0 Å². The molecule has 7 heteroatoms. The standard InChI is InChI=1S/C12H12N6S/c13-11-15-12(17-16-11)19-8-9-2-4-10(5-3-9)18-7-1-6-14-18/h1-7H,8H2,(H3,13,15,16,17). The first-order valence-corrected chi connectivity index (χ1v) is 6.69. The van der Waals surface area contributed by atoms with Crippen LogP contribution >= 0.6 is 11.8 Å². The number of nitrogens with zero attached hydrogens (tertiary/aromatic N) is 4. The number of nitrogens with two attached hydrogens (primary N) is 1. The highest BCUT2D eigenvalue weighted by Crippen LogP contribution is 2.20. The normalized spacial score (nSPS) is 10.7. The lowest BCUT2D eigenvalue weighted by atomic mass is 10.2. The number of hydrogen-bond acceptors (Lipinski definition) is 5. The highest BCUT2D eigenvalue weighted by molar-refractivity contribution is 7.98. The zero-order valence-corrected chi connectivity index (χ0v) is 10.8. The molecule has 3 rings (SSSR count). The van der Waals surface area contributed by atoms with Crippen LogP contribution in [0.25, 0.3) is 5.69 Å². The molecule has 0 spiro atoms. The maximum Gasteiger partial charge on any atom is 0.216 e. The van der Waals surface area contributed by atoms with Crippen molar-refractivity contribution in [2.24, 2.45) is 0 Å². The van der Waals surface area contributed by atoms with Crippen molar-refractivity contribution in [1.82, 2.24) is 25.0 Å². The van der Waals surface area contributed by atoms with Crippen molar-refractivity contribution in [1.29, 1.82) is 0 Å². The van der Waals surface area contributed by atoms with E-state index in [-0.39, 0.29) is 0 Å². The summed E-state index contributed by atoms with van der Waals surface area (Å²) in [4.78, 5) is 4.04. The van der Waals surface area contributed by atoms with Crippen LogP contribution in [-0.2, 0) is 5.75 Å². The topological polar surface area (TPSA) is 85.4 Å². The molecule has 0 aliphatic carbocycles. The Balaban J connectivity index is 1.66. The van der Waals surface area contributed by atoms with Gasteiger partial charge < -0.3 is 5.73 Å². The van der Waals surface area contributed by atoms with Gasteiger partial charge >= 0.3 is 0 Å². The Morgan fingerprint density at radius 2 is 2.11 bits per heavy atom. The molecule has 0 bridgehead atoms. The van der Waals surface area contributed by atoms with E-state index in [4.69, 9.17) is 5.73 Å². The molecule has 2 heterocycles. The Hall–Kier alpha value is -2.28. The van der Waals surface area contributed by atoms with Gasteiger partial charge in [-0.05, 0) is 23.8 Å². The minimum Gasteiger partial charge on any atom is -0.368 e. The summed E-state index contributed by atoms with van der Waals surface area (Å²) in [5.41, 5.74) is 7.71. The highest BCUT2D eigenvalue weighted by atomic mass is 32.2. The van der Waals surface area contributed by atoms with Gasteiger partial charge in [-0.1, -0.05) is 23.9 Å². The zero-order chi connectivity index (χ0) is 13.1. The first kappa shape index (κ1) is 11.8. The van der Waals surface area contributed by atoms with E-state index in [2.05, 4.69) is 32.4 Å². The molecular formula is C12H12N6S. The van der Waals surface area contributed by atoms with E-state index < -0.39 is 0 Å². The highest BCUT2D eigenvalue weighted by Gasteiger charge is 2.02. The summed E-state index contributed by atoms with van der Waals surface area (Å²) in [6.07, 6.45) is 3.68. The second-order valence-corrected chi connectivity index (χ2v) is 4.85. The number of H-pyrrole nitrogens is 1. The molecule has 2 aromatic heterocycles. The first-order chi connectivity index (χ1) is 9.31. The number of benzene rings is 1. The summed E-state index contributed by atoms with van der Waals surface area (Å²) >= 11 is 1.54. The summed E-state index contributed by atoms with van der Waals surface area (Å²) in [6.45, 7) is 0. The molecule has 6 nitrogen and oxygen atoms in total. The van der Waals surface area contributed by atoms with Crippen LogP contribution in [0.2, 0.25) is 0 Å². The molecule has 0 atom stereocenters. The van der Waals surface area contributed by atoms with E-state index in [0.717, 1.165) is 11.4 Å². The van der Waals surface area contributed by atoms with Crippen LogP contribution < -0.4 is 5.73 Å². The van der Waals surface area contributed by atoms with Crippen molar-refractivity contribution in [3.05, 3.63) is 48.3 Å². The van der Waals surface area contributed by atoms with E-state index >= 15 is 0 Å². The molecule has 96 valence electrons. The number of aromatic nitrogens is 5. The van der Waals surface area contributed by atoms with Crippen molar-refractivity contribution in [3.63, 3.8) is 0 Å². The van der Waals surface area contributed by atoms with Gasteiger partial charge in [0.15, 0.2) is 0 Å². The maximum absolute atomic E-state index is 5.47. The van der Waals surface area contributed by atoms with Crippen LogP contribution in [-0.4, -0.2) is 25.0 Å². The fraction of sp³-hybridized carbons (Fsp3) is 0.0833. The van der Waals surface area contributed by atoms with Gasteiger partial charge in [0.25, 0.3) is 0 Å². The van der Waals surface area contributed by atoms with Crippen molar-refractivity contribution in [2.75, 3.05) is 5.73 Å². The number of aromatic amines is 1. The Labute approximate surface area is 114 Å². The van der Waals surface area contributed by atoms with Crippen LogP contribution in [0.5, 0.6) is 0 Å². The van der Waals surface area contributed by atoms with Crippen LogP contribution in [0.3, 0.4) is 0 Å². The molecule has 3 aromatic rings. The lowest BCUT2D eigenvalue weighted by Crippen LogP contribution is -1.94. The molecule has 0 aliphatic heterocycles. The third-order valence-corrected chi connectivity index (χ3v) is 3.47. The molecular weight excluding hydrogens is 260 g/mol. The summed E-state index contributed by atoms with van der Waals surface area (Å²) < 4.78 is 1.83. The summed E-state index contributed by atoms with van der Waals surface area (Å²) in [6, 6.07) is 10.1. The quantitative estimate of drug-likeness (QED) is 0.708. The third-order valence-electron chi connectivity index (χ3n) is 2.56. The number of rotatable bonds is 4. The number of nitrogens with one attached hydrogen (secondary N) is 1. The Bertz CT molecular complexity index is 643. The average Bonchev–Trinajstić information content (AvgIpc) is 3.08. The van der Waals surface area contributed by atoms with Crippen LogP contribution in [0.15, 0.2) is 47.9 Å². The van der Waals surface area contributed by atoms with E-state index in [0.29, 0.717) is 11.1 Å². The average molecular weight is 272 g/mol. The second kappa shape index (κ2) is 5.15. The second-order valence-electron chi connectivity index (χ2n) is 3.91. The number of hydrogen-bond donors (Lipinski definition) is 2. The van der Waals surface area contributed by atoms with Crippen LogP contribution in [0, 0.1) is 0 Å². The molecule has 0 saturated carbocycles. The number of nitrogen functional groups attached to an aromatic ring is 1. The van der Waals surface area contributed by atoms with Gasteiger partial charge in [0, 0.05) is 18.1 Å². The lowest BCUT2D eigenvalue weighted by molar-refractivity contribution is 0.880. The smallest absolute Gasteiger partial charge is 0.216 e. The molecule has 0 saturated heterocycles. The monoisotopic (exact) mass is 272 g/mol. The number of anilines is 1. The Morgan fingerprint density at radius 1 is 1.26 bits per heavy atom. The van der Waals surface area contributed by atoms with Gasteiger partial charge in [-0.15, -0.1) is 5.10 Å². The fourth-order valence-electron chi connectivity index (χ4n) is 1.64. The molecule has 0 unspecified atom stereocenters. The predicted molar refractivity (Wildman–Crippen MR) is 73.9 cm³/mol. The fourth-order valence-corrected chi connectivity index (χ4v) is 2.40. The molecule has 3 N–H and O–H groups in total. The van der Waals surface area contributed by atoms with Gasteiger partial charge in [-0.2, -0.15) is 10.1 Å². The van der Waals surface area contributed by atoms with Crippen molar-refractivity contribution >= 4 is 17.7 Å². The van der Waals surface area contributed by atoms with Crippen LogP contribution in [0.4, 0.5) is 5.95 Å². The minimum absolute atomic E-state index is 0.344. The number of thioether (sulfide) groups is 1. The molecule has 0 fully saturated rings. The predicted octanol–water partition coefficient (Wildman–Crippen LogP) is 1.86. The van der Waals surface area contributed by atoms with Crippen molar-refractivity contribution in [3.8, 4) is 5.69 Å². The van der Waals surface area contributed by atoms with E-state index in [1.165, 1.54) is 5.56 Å². The van der Waals surface area contributed by atoms with E-state index in [1.807, 2.05) is 29.1 Å². The SMILES string of the molecule is Nc1nc(SCc2ccc(-n3cccn3)cc2)n[nH]1. The third kappa shape index (κ3) is 2.76. The van der Waals surface area contributed by atoms with E-state index in [1.54, 1.807) is 18.0 Å². The zero-order valence-electron chi connectivity index (χ0n) is 10.0. The van der Waals surface area contributed by atoms with Gasteiger partial charge in [-0.3, -0.25) is 0 Å². The summed E-state index contributed by atoms with van der Waals surface area (Å²) in [7, 11) is 0. The minimum atomic E-state index is 0.344. The van der Waals surface area contributed by atoms with Crippen molar-refractivity contribution < 1.29 is 0 Å². The maximum atomic E-state index is 5.47. The summed E-state index contributed by atoms with van der Waals surface area (Å²) in [5.74, 6) is 1.15. The lowest BCUT2D eigenvalue weighted by Gasteiger charge is -2.03. The van der Waals surface area contributed by atoms with E-state index in [9.17, 15) is 0 Å². The molecule has 0 aliphatic rings.